The van der Waals surface area contributed by atoms with Crippen LogP contribution in [0.5, 0.6) is 5.75 Å². The van der Waals surface area contributed by atoms with E-state index < -0.39 is 5.97 Å². The lowest BCUT2D eigenvalue weighted by Gasteiger charge is -2.12. The molecule has 31 heavy (non-hydrogen) atoms. The predicted molar refractivity (Wildman–Crippen MR) is 114 cm³/mol. The van der Waals surface area contributed by atoms with Crippen LogP contribution in [0.4, 0.5) is 0 Å². The molecule has 0 aliphatic rings. The number of carbonyl (C=O) groups excluding carboxylic acids is 1. The Morgan fingerprint density at radius 1 is 1.29 bits per heavy atom. The molecule has 0 amide bonds. The highest BCUT2D eigenvalue weighted by atomic mass is 16.5. The molecule has 0 bridgehead atoms. The van der Waals surface area contributed by atoms with E-state index in [2.05, 4.69) is 21.5 Å². The number of nitrogens with zero attached hydrogens (tertiary/aromatic N) is 5. The van der Waals surface area contributed by atoms with Crippen molar-refractivity contribution in [3.8, 4) is 11.8 Å². The van der Waals surface area contributed by atoms with Crippen molar-refractivity contribution in [2.45, 2.75) is 19.3 Å². The summed E-state index contributed by atoms with van der Waals surface area (Å²) >= 11 is 0. The molecule has 0 spiro atoms. The molecule has 1 aromatic heterocycles. The number of allylic oxidation sites excluding steroid dienone is 2. The minimum absolute atomic E-state index is 0.263. The highest BCUT2D eigenvalue weighted by molar-refractivity contribution is 5.93. The number of ether oxygens (including phenoxy) is 2. The highest BCUT2D eigenvalue weighted by Crippen LogP contribution is 2.27. The summed E-state index contributed by atoms with van der Waals surface area (Å²) in [4.78, 5) is 13.5. The van der Waals surface area contributed by atoms with Crippen LogP contribution >= 0.6 is 0 Å². The number of aromatic nitrogens is 4. The summed E-state index contributed by atoms with van der Waals surface area (Å²) in [5, 5.41) is 21.7. The maximum atomic E-state index is 12.1. The van der Waals surface area contributed by atoms with Crippen molar-refractivity contribution >= 4 is 5.97 Å². The first-order valence-electron chi connectivity index (χ1n) is 9.63. The van der Waals surface area contributed by atoms with Gasteiger partial charge in [0.15, 0.2) is 5.82 Å². The van der Waals surface area contributed by atoms with Gasteiger partial charge in [-0.25, -0.2) is 4.79 Å². The van der Waals surface area contributed by atoms with Crippen molar-refractivity contribution in [2.75, 3.05) is 14.2 Å². The lowest BCUT2D eigenvalue weighted by Crippen LogP contribution is -2.06. The molecule has 0 aliphatic heterocycles. The van der Waals surface area contributed by atoms with E-state index in [9.17, 15) is 10.1 Å². The Morgan fingerprint density at radius 2 is 2.10 bits per heavy atom. The molecule has 0 saturated carbocycles. The van der Waals surface area contributed by atoms with Crippen LogP contribution in [0.1, 0.15) is 44.4 Å². The van der Waals surface area contributed by atoms with E-state index in [1.165, 1.54) is 19.0 Å². The fourth-order valence-electron chi connectivity index (χ4n) is 3.41. The second-order valence-corrected chi connectivity index (χ2v) is 6.97. The van der Waals surface area contributed by atoms with Crippen LogP contribution in [-0.2, 0) is 18.2 Å². The van der Waals surface area contributed by atoms with Gasteiger partial charge in [-0.05, 0) is 53.4 Å². The third-order valence-electron chi connectivity index (χ3n) is 4.80. The molecule has 8 nitrogen and oxygen atoms in total. The third kappa shape index (κ3) is 4.95. The summed E-state index contributed by atoms with van der Waals surface area (Å²) in [6, 6.07) is 13.2. The number of tetrazole rings is 1. The van der Waals surface area contributed by atoms with Crippen molar-refractivity contribution in [3.05, 3.63) is 82.2 Å². The quantitative estimate of drug-likeness (QED) is 0.430. The minimum atomic E-state index is -0.444. The number of hydrogen-bond acceptors (Lipinski definition) is 7. The average Bonchev–Trinajstić information content (AvgIpc) is 3.21. The monoisotopic (exact) mass is 417 g/mol. The number of methoxy groups -OCH3 is 2. The van der Waals surface area contributed by atoms with Gasteiger partial charge in [0.25, 0.3) is 0 Å². The van der Waals surface area contributed by atoms with E-state index in [1.807, 2.05) is 43.3 Å². The Hall–Kier alpha value is -3.99. The van der Waals surface area contributed by atoms with Gasteiger partial charge in [-0.3, -0.25) is 0 Å². The zero-order chi connectivity index (χ0) is 22.4. The molecule has 3 aromatic rings. The van der Waals surface area contributed by atoms with Gasteiger partial charge in [-0.2, -0.15) is 10.1 Å². The van der Waals surface area contributed by atoms with Gasteiger partial charge >= 0.3 is 5.97 Å². The maximum Gasteiger partial charge on any atom is 0.341 e. The molecule has 1 unspecified atom stereocenters. The Labute approximate surface area is 180 Å². The van der Waals surface area contributed by atoms with Crippen LogP contribution in [0.15, 0.2) is 48.6 Å². The topological polar surface area (TPSA) is 103 Å². The Morgan fingerprint density at radius 3 is 2.74 bits per heavy atom. The largest absolute Gasteiger partial charge is 0.496 e. The van der Waals surface area contributed by atoms with Crippen LogP contribution in [-0.4, -0.2) is 40.4 Å². The zero-order valence-corrected chi connectivity index (χ0v) is 17.9. The van der Waals surface area contributed by atoms with E-state index in [4.69, 9.17) is 9.47 Å². The van der Waals surface area contributed by atoms with Gasteiger partial charge in [0.05, 0.1) is 38.8 Å². The molecule has 0 N–H and O–H groups in total. The van der Waals surface area contributed by atoms with E-state index >= 15 is 0 Å². The van der Waals surface area contributed by atoms with Gasteiger partial charge in [-0.15, -0.1) is 10.2 Å². The molecular weight excluding hydrogens is 394 g/mol. The van der Waals surface area contributed by atoms with E-state index in [-0.39, 0.29) is 5.92 Å². The molecule has 0 aliphatic carbocycles. The van der Waals surface area contributed by atoms with Crippen LogP contribution in [0.2, 0.25) is 0 Å². The lowest BCUT2D eigenvalue weighted by atomic mass is 9.95. The van der Waals surface area contributed by atoms with Gasteiger partial charge in [0.2, 0.25) is 0 Å². The average molecular weight is 417 g/mol. The molecular formula is C23H23N5O3. The van der Waals surface area contributed by atoms with Crippen LogP contribution < -0.4 is 4.74 Å². The van der Waals surface area contributed by atoms with Crippen LogP contribution in [0.3, 0.4) is 0 Å². The smallest absolute Gasteiger partial charge is 0.341 e. The van der Waals surface area contributed by atoms with Crippen molar-refractivity contribution in [1.29, 1.82) is 5.26 Å². The summed E-state index contributed by atoms with van der Waals surface area (Å²) in [5.74, 6) is 0.340. The SMILES string of the molecule is COC(=O)c1cc(CC=CC(c2cccc(C#N)c2)c2nnn(C)n2)cc(C)c1OC. The third-order valence-corrected chi connectivity index (χ3v) is 4.80. The normalized spacial score (nSPS) is 11.8. The lowest BCUT2D eigenvalue weighted by molar-refractivity contribution is 0.0596. The van der Waals surface area contributed by atoms with Crippen molar-refractivity contribution in [2.24, 2.45) is 7.05 Å². The highest BCUT2D eigenvalue weighted by Gasteiger charge is 2.18. The summed E-state index contributed by atoms with van der Waals surface area (Å²) in [7, 11) is 4.58. The van der Waals surface area contributed by atoms with Crippen molar-refractivity contribution < 1.29 is 14.3 Å². The van der Waals surface area contributed by atoms with Gasteiger partial charge in [-0.1, -0.05) is 30.4 Å². The number of rotatable bonds is 7. The first-order chi connectivity index (χ1) is 15.0. The fourth-order valence-corrected chi connectivity index (χ4v) is 3.41. The Bertz CT molecular complexity index is 1160. The molecule has 0 fully saturated rings. The van der Waals surface area contributed by atoms with Gasteiger partial charge in [0, 0.05) is 0 Å². The molecule has 2 aromatic carbocycles. The molecule has 3 rings (SSSR count). The number of benzene rings is 2. The number of nitriles is 1. The van der Waals surface area contributed by atoms with Crippen LogP contribution in [0, 0.1) is 18.3 Å². The number of aryl methyl sites for hydroxylation is 2. The van der Waals surface area contributed by atoms with Gasteiger partial charge in [0.1, 0.15) is 11.3 Å². The number of esters is 1. The van der Waals surface area contributed by atoms with Crippen LogP contribution in [0.25, 0.3) is 0 Å². The Balaban J connectivity index is 1.92. The molecule has 0 radical (unpaired) electrons. The molecule has 158 valence electrons. The first kappa shape index (κ1) is 21.7. The molecule has 8 heteroatoms. The predicted octanol–water partition coefficient (Wildman–Crippen LogP) is 3.12. The van der Waals surface area contributed by atoms with E-state index in [1.54, 1.807) is 19.2 Å². The first-order valence-corrected chi connectivity index (χ1v) is 9.63. The standard InChI is InChI=1S/C23H23N5O3/c1-15-11-16(13-20(21(15)30-3)23(29)31-4)7-6-10-19(22-25-27-28(2)26-22)18-9-5-8-17(12-18)14-24/h5-6,8-13,19H,7H2,1-4H3. The van der Waals surface area contributed by atoms with E-state index in [0.29, 0.717) is 29.1 Å². The zero-order valence-electron chi connectivity index (χ0n) is 17.9. The number of hydrogen-bond donors (Lipinski definition) is 0. The second-order valence-electron chi connectivity index (χ2n) is 6.97. The minimum Gasteiger partial charge on any atom is -0.496 e. The molecule has 1 heterocycles. The fraction of sp³-hybridized carbons (Fsp3) is 0.261. The van der Waals surface area contributed by atoms with Crippen molar-refractivity contribution in [3.63, 3.8) is 0 Å². The van der Waals surface area contributed by atoms with E-state index in [0.717, 1.165) is 16.7 Å². The number of carbonyl (C=O) groups is 1. The summed E-state index contributed by atoms with van der Waals surface area (Å²) in [6.07, 6.45) is 4.54. The maximum absolute atomic E-state index is 12.1. The summed E-state index contributed by atoms with van der Waals surface area (Å²) < 4.78 is 10.2. The molecule has 0 saturated heterocycles. The van der Waals surface area contributed by atoms with Gasteiger partial charge < -0.3 is 9.47 Å². The van der Waals surface area contributed by atoms with Crippen molar-refractivity contribution in [1.82, 2.24) is 20.2 Å². The second kappa shape index (κ2) is 9.67. The Kier molecular flexibility index (Phi) is 6.78. The molecule has 1 atom stereocenters. The summed E-state index contributed by atoms with van der Waals surface area (Å²) in [5.41, 5.74) is 3.63. The summed E-state index contributed by atoms with van der Waals surface area (Å²) in [6.45, 7) is 1.89.